The minimum atomic E-state index is -0.540. The second kappa shape index (κ2) is 6.95. The van der Waals surface area contributed by atoms with Crippen LogP contribution < -0.4 is 16.6 Å². The van der Waals surface area contributed by atoms with E-state index in [4.69, 9.17) is 0 Å². The number of carbonyl (C=O) groups excluding carboxylic acids is 1. The Morgan fingerprint density at radius 3 is 2.68 bits per heavy atom. The number of hydrogen-bond donors (Lipinski definition) is 2. The second-order valence-corrected chi connectivity index (χ2v) is 5.35. The minimum absolute atomic E-state index is 0.0916. The van der Waals surface area contributed by atoms with Crippen LogP contribution in [0, 0.1) is 6.92 Å². The highest BCUT2D eigenvalue weighted by Crippen LogP contribution is 2.11. The molecule has 2 N–H and O–H groups in total. The fourth-order valence-corrected chi connectivity index (χ4v) is 2.29. The Morgan fingerprint density at radius 2 is 2.04 bits per heavy atom. The van der Waals surface area contributed by atoms with E-state index in [9.17, 15) is 14.4 Å². The molecule has 0 saturated heterocycles. The molecule has 0 aliphatic rings. The average molecular weight is 340 g/mol. The molecule has 128 valence electrons. The van der Waals surface area contributed by atoms with Gasteiger partial charge in [-0.2, -0.15) is 0 Å². The molecule has 0 radical (unpaired) electrons. The molecule has 3 rings (SSSR count). The maximum Gasteiger partial charge on any atom is 0.328 e. The van der Waals surface area contributed by atoms with Gasteiger partial charge >= 0.3 is 5.69 Å². The Hall–Kier alpha value is -3.49. The van der Waals surface area contributed by atoms with Crippen molar-refractivity contribution in [1.29, 1.82) is 0 Å². The first-order valence-electron chi connectivity index (χ1n) is 7.59. The van der Waals surface area contributed by atoms with E-state index in [-0.39, 0.29) is 18.9 Å². The number of aromatic nitrogens is 5. The average Bonchev–Trinajstić information content (AvgIpc) is 3.01. The lowest BCUT2D eigenvalue weighted by Gasteiger charge is -2.08. The van der Waals surface area contributed by atoms with Crippen LogP contribution in [-0.2, 0) is 11.3 Å². The normalized spacial score (nSPS) is 10.6. The number of nitrogens with zero attached hydrogens (tertiary/aromatic N) is 4. The fraction of sp³-hybridized carbons (Fsp3) is 0.188. The number of nitrogens with one attached hydrogen (secondary N) is 2. The van der Waals surface area contributed by atoms with E-state index in [0.717, 1.165) is 5.82 Å². The molecule has 3 heterocycles. The predicted molar refractivity (Wildman–Crippen MR) is 90.7 cm³/mol. The van der Waals surface area contributed by atoms with E-state index in [1.54, 1.807) is 30.7 Å². The molecule has 0 spiro atoms. The van der Waals surface area contributed by atoms with E-state index in [0.29, 0.717) is 11.5 Å². The van der Waals surface area contributed by atoms with Crippen LogP contribution in [0.4, 0.5) is 5.69 Å². The molecule has 0 bridgehead atoms. The highest BCUT2D eigenvalue weighted by atomic mass is 16.2. The van der Waals surface area contributed by atoms with E-state index >= 15 is 0 Å². The number of rotatable bonds is 5. The molecule has 0 aliphatic heterocycles. The number of pyridine rings is 1. The summed E-state index contributed by atoms with van der Waals surface area (Å²) in [5, 5.41) is 2.72. The van der Waals surface area contributed by atoms with Gasteiger partial charge in [0.1, 0.15) is 11.6 Å². The van der Waals surface area contributed by atoms with Crippen LogP contribution >= 0.6 is 0 Å². The Kier molecular flexibility index (Phi) is 4.55. The summed E-state index contributed by atoms with van der Waals surface area (Å²) < 4.78 is 3.10. The van der Waals surface area contributed by atoms with Crippen molar-refractivity contribution in [2.45, 2.75) is 19.9 Å². The van der Waals surface area contributed by atoms with Gasteiger partial charge in [-0.15, -0.1) is 0 Å². The quantitative estimate of drug-likeness (QED) is 0.700. The zero-order valence-electron chi connectivity index (χ0n) is 13.5. The summed E-state index contributed by atoms with van der Waals surface area (Å²) in [5.74, 6) is 1.26. The number of aryl methyl sites for hydroxylation is 2. The third kappa shape index (κ3) is 3.89. The smallest absolute Gasteiger partial charge is 0.325 e. The molecule has 25 heavy (non-hydrogen) atoms. The van der Waals surface area contributed by atoms with Crippen molar-refractivity contribution < 1.29 is 4.79 Å². The first-order chi connectivity index (χ1) is 12.0. The summed E-state index contributed by atoms with van der Waals surface area (Å²) in [4.78, 5) is 45.1. The topological polar surface area (TPSA) is 115 Å². The Balaban J connectivity index is 1.60. The number of aromatic amines is 1. The van der Waals surface area contributed by atoms with Crippen molar-refractivity contribution in [3.05, 3.63) is 69.6 Å². The van der Waals surface area contributed by atoms with Gasteiger partial charge in [-0.05, 0) is 19.1 Å². The molecule has 0 unspecified atom stereocenters. The minimum Gasteiger partial charge on any atom is -0.325 e. The largest absolute Gasteiger partial charge is 0.328 e. The van der Waals surface area contributed by atoms with Crippen molar-refractivity contribution in [3.63, 3.8) is 0 Å². The summed E-state index contributed by atoms with van der Waals surface area (Å²) in [6.07, 6.45) is 6.49. The predicted octanol–water partition coefficient (Wildman–Crippen LogP) is 0.455. The van der Waals surface area contributed by atoms with Gasteiger partial charge in [0.05, 0.1) is 11.9 Å². The van der Waals surface area contributed by atoms with Crippen molar-refractivity contribution in [2.75, 3.05) is 5.32 Å². The molecule has 9 nitrogen and oxygen atoms in total. The van der Waals surface area contributed by atoms with Crippen molar-refractivity contribution in [1.82, 2.24) is 24.1 Å². The van der Waals surface area contributed by atoms with E-state index < -0.39 is 11.2 Å². The molecular formula is C16H16N6O3. The highest BCUT2D eigenvalue weighted by molar-refractivity contribution is 5.90. The lowest BCUT2D eigenvalue weighted by atomic mass is 10.3. The van der Waals surface area contributed by atoms with E-state index in [1.165, 1.54) is 16.8 Å². The van der Waals surface area contributed by atoms with Crippen LogP contribution in [0.25, 0.3) is 5.82 Å². The third-order valence-corrected chi connectivity index (χ3v) is 3.58. The van der Waals surface area contributed by atoms with Gasteiger partial charge in [0.25, 0.3) is 5.56 Å². The summed E-state index contributed by atoms with van der Waals surface area (Å²) >= 11 is 0. The summed E-state index contributed by atoms with van der Waals surface area (Å²) in [6.45, 7) is 2.04. The number of imidazole rings is 1. The fourth-order valence-electron chi connectivity index (χ4n) is 2.29. The number of carbonyl (C=O) groups is 1. The first kappa shape index (κ1) is 16.4. The van der Waals surface area contributed by atoms with Gasteiger partial charge in [-0.1, -0.05) is 0 Å². The van der Waals surface area contributed by atoms with Crippen LogP contribution in [0.15, 0.2) is 52.6 Å². The van der Waals surface area contributed by atoms with E-state index in [2.05, 4.69) is 20.3 Å². The Bertz CT molecular complexity index is 999. The highest BCUT2D eigenvalue weighted by Gasteiger charge is 2.06. The first-order valence-corrected chi connectivity index (χ1v) is 7.59. The van der Waals surface area contributed by atoms with Crippen LogP contribution in [0.2, 0.25) is 0 Å². The van der Waals surface area contributed by atoms with Gasteiger partial charge in [0, 0.05) is 37.6 Å². The molecule has 0 aliphatic carbocycles. The molecule has 1 amide bonds. The van der Waals surface area contributed by atoms with Gasteiger partial charge in [0.2, 0.25) is 5.91 Å². The lowest BCUT2D eigenvalue weighted by Crippen LogP contribution is -2.29. The van der Waals surface area contributed by atoms with E-state index in [1.807, 2.05) is 11.5 Å². The van der Waals surface area contributed by atoms with Gasteiger partial charge < -0.3 is 9.88 Å². The SMILES string of the molecule is Cc1nccn1-c1ccc(NC(=O)CCn2ccc(=O)[nH]c2=O)cn1. The second-order valence-electron chi connectivity index (χ2n) is 5.35. The maximum atomic E-state index is 12.0. The Morgan fingerprint density at radius 1 is 1.20 bits per heavy atom. The van der Waals surface area contributed by atoms with Gasteiger partial charge in [0.15, 0.2) is 0 Å². The maximum absolute atomic E-state index is 12.0. The van der Waals surface area contributed by atoms with Crippen LogP contribution in [0.1, 0.15) is 12.2 Å². The van der Waals surface area contributed by atoms with Crippen molar-refractivity contribution in [2.24, 2.45) is 0 Å². The standard InChI is InChI=1S/C16H16N6O3/c1-11-17-6-9-22(11)13-3-2-12(10-18-13)19-14(23)4-7-21-8-5-15(24)20-16(21)25/h2-3,5-6,8-10H,4,7H2,1H3,(H,19,23)(H,20,24,25). The molecule has 0 aromatic carbocycles. The van der Waals surface area contributed by atoms with Crippen LogP contribution in [0.5, 0.6) is 0 Å². The molecule has 3 aromatic rings. The van der Waals surface area contributed by atoms with Gasteiger partial charge in [-0.3, -0.25) is 19.1 Å². The number of hydrogen-bond acceptors (Lipinski definition) is 5. The van der Waals surface area contributed by atoms with Crippen molar-refractivity contribution in [3.8, 4) is 5.82 Å². The lowest BCUT2D eigenvalue weighted by molar-refractivity contribution is -0.116. The monoisotopic (exact) mass is 340 g/mol. The number of anilines is 1. The number of amides is 1. The summed E-state index contributed by atoms with van der Waals surface area (Å²) in [5.41, 5.74) is -0.452. The molecule has 9 heteroatoms. The zero-order valence-corrected chi connectivity index (χ0v) is 13.5. The van der Waals surface area contributed by atoms with Crippen LogP contribution in [-0.4, -0.2) is 30.0 Å². The Labute approximate surface area is 142 Å². The number of H-pyrrole nitrogens is 1. The third-order valence-electron chi connectivity index (χ3n) is 3.58. The summed E-state index contributed by atoms with van der Waals surface area (Å²) in [7, 11) is 0. The van der Waals surface area contributed by atoms with Crippen molar-refractivity contribution >= 4 is 11.6 Å². The molecular weight excluding hydrogens is 324 g/mol. The molecule has 0 atom stereocenters. The molecule has 0 saturated carbocycles. The van der Waals surface area contributed by atoms with Gasteiger partial charge in [-0.25, -0.2) is 14.8 Å². The molecule has 3 aromatic heterocycles. The van der Waals surface area contributed by atoms with Crippen LogP contribution in [0.3, 0.4) is 0 Å². The molecule has 0 fully saturated rings. The summed E-state index contributed by atoms with van der Waals surface area (Å²) in [6, 6.07) is 4.75. The zero-order chi connectivity index (χ0) is 17.8.